The highest BCUT2D eigenvalue weighted by Gasteiger charge is 2.35. The summed E-state index contributed by atoms with van der Waals surface area (Å²) in [5.74, 6) is 1.00. The number of amidine groups is 2. The fourth-order valence-electron chi connectivity index (χ4n) is 9.11. The molecule has 5 heteroatoms. The summed E-state index contributed by atoms with van der Waals surface area (Å²) in [5, 5.41) is 4.25. The van der Waals surface area contributed by atoms with Gasteiger partial charge in [0, 0.05) is 43.7 Å². The fraction of sp³-hybridized carbons (Fsp3) is 0.0741. The number of para-hydroxylation sites is 1. The average Bonchev–Trinajstić information content (AvgIpc) is 3.93. The van der Waals surface area contributed by atoms with Gasteiger partial charge in [0.1, 0.15) is 28.2 Å². The van der Waals surface area contributed by atoms with Gasteiger partial charge in [-0.2, -0.15) is 0 Å². The van der Waals surface area contributed by atoms with Gasteiger partial charge < -0.3 is 14.6 Å². The molecule has 0 bridgehead atoms. The zero-order chi connectivity index (χ0) is 39.7. The third-order valence-electron chi connectivity index (χ3n) is 12.0. The molecule has 282 valence electrons. The SMILES string of the molecule is CC1(C)c2ccccc2-c2ccc(C(N)=NC(=NCc3cccc4oc5ccc(-c6cccc7oc8c(-c9ccccc9)cccc8c67)cc5c34)c3ccccc3)cc21. The van der Waals surface area contributed by atoms with Gasteiger partial charge in [0.2, 0.25) is 0 Å². The highest BCUT2D eigenvalue weighted by atomic mass is 16.3. The molecule has 2 aromatic heterocycles. The zero-order valence-electron chi connectivity index (χ0n) is 32.7. The van der Waals surface area contributed by atoms with Gasteiger partial charge in [-0.3, -0.25) is 4.99 Å². The highest BCUT2D eigenvalue weighted by molar-refractivity contribution is 6.17. The minimum atomic E-state index is -0.144. The predicted octanol–water partition coefficient (Wildman–Crippen LogP) is 13.5. The fourth-order valence-corrected chi connectivity index (χ4v) is 9.11. The van der Waals surface area contributed by atoms with Crippen LogP contribution in [-0.2, 0) is 12.0 Å². The summed E-state index contributed by atoms with van der Waals surface area (Å²) in [5.41, 5.74) is 22.4. The molecule has 11 rings (SSSR count). The molecule has 0 fully saturated rings. The van der Waals surface area contributed by atoms with Gasteiger partial charge >= 0.3 is 0 Å². The number of nitrogens with zero attached hydrogens (tertiary/aromatic N) is 2. The molecule has 59 heavy (non-hydrogen) atoms. The van der Waals surface area contributed by atoms with Crippen molar-refractivity contribution in [1.82, 2.24) is 0 Å². The average molecular weight is 762 g/mol. The smallest absolute Gasteiger partial charge is 0.157 e. The number of rotatable bonds is 6. The van der Waals surface area contributed by atoms with E-state index in [1.54, 1.807) is 0 Å². The number of nitrogens with two attached hydrogens (primary N) is 1. The van der Waals surface area contributed by atoms with Crippen molar-refractivity contribution in [3.05, 3.63) is 204 Å². The first kappa shape index (κ1) is 34.7. The summed E-state index contributed by atoms with van der Waals surface area (Å²) < 4.78 is 13.1. The molecule has 0 saturated heterocycles. The third-order valence-corrected chi connectivity index (χ3v) is 12.0. The molecule has 10 aromatic rings. The Kier molecular flexibility index (Phi) is 7.99. The van der Waals surface area contributed by atoms with Crippen molar-refractivity contribution in [2.45, 2.75) is 25.8 Å². The van der Waals surface area contributed by atoms with Crippen molar-refractivity contribution >= 4 is 55.5 Å². The van der Waals surface area contributed by atoms with Crippen molar-refractivity contribution in [3.63, 3.8) is 0 Å². The Balaban J connectivity index is 0.995. The van der Waals surface area contributed by atoms with E-state index < -0.39 is 0 Å². The van der Waals surface area contributed by atoms with Crippen LogP contribution >= 0.6 is 0 Å². The van der Waals surface area contributed by atoms with E-state index in [1.165, 1.54) is 22.3 Å². The summed E-state index contributed by atoms with van der Waals surface area (Å²) in [4.78, 5) is 10.2. The van der Waals surface area contributed by atoms with Crippen LogP contribution in [0.25, 0.3) is 77.3 Å². The van der Waals surface area contributed by atoms with E-state index in [4.69, 9.17) is 24.6 Å². The molecule has 0 unspecified atom stereocenters. The van der Waals surface area contributed by atoms with Gasteiger partial charge in [-0.1, -0.05) is 159 Å². The van der Waals surface area contributed by atoms with Crippen LogP contribution in [0.3, 0.4) is 0 Å². The van der Waals surface area contributed by atoms with Crippen LogP contribution < -0.4 is 5.73 Å². The Bertz CT molecular complexity index is 3330. The molecule has 0 atom stereocenters. The van der Waals surface area contributed by atoms with E-state index in [2.05, 4.69) is 141 Å². The van der Waals surface area contributed by atoms with Crippen LogP contribution in [0, 0.1) is 0 Å². The molecule has 0 radical (unpaired) electrons. The highest BCUT2D eigenvalue weighted by Crippen LogP contribution is 2.49. The summed E-state index contributed by atoms with van der Waals surface area (Å²) in [6.45, 7) is 4.93. The van der Waals surface area contributed by atoms with Crippen molar-refractivity contribution < 1.29 is 8.83 Å². The van der Waals surface area contributed by atoms with E-state index in [9.17, 15) is 0 Å². The van der Waals surface area contributed by atoms with Crippen molar-refractivity contribution in [1.29, 1.82) is 0 Å². The minimum absolute atomic E-state index is 0.144. The maximum atomic E-state index is 6.86. The zero-order valence-corrected chi connectivity index (χ0v) is 32.7. The summed E-state index contributed by atoms with van der Waals surface area (Å²) in [6.07, 6.45) is 0. The maximum absolute atomic E-state index is 6.86. The van der Waals surface area contributed by atoms with Crippen LogP contribution in [0.4, 0.5) is 0 Å². The molecular formula is C54H39N3O2. The molecule has 2 heterocycles. The largest absolute Gasteiger partial charge is 0.456 e. The summed E-state index contributed by atoms with van der Waals surface area (Å²) >= 11 is 0. The van der Waals surface area contributed by atoms with Gasteiger partial charge in [0.05, 0.1) is 6.54 Å². The Hall–Kier alpha value is -7.50. The number of hydrogen-bond acceptors (Lipinski definition) is 3. The van der Waals surface area contributed by atoms with Crippen LogP contribution in [0.2, 0.25) is 0 Å². The second kappa shape index (κ2) is 13.6. The van der Waals surface area contributed by atoms with Crippen LogP contribution in [0.5, 0.6) is 0 Å². The molecule has 1 aliphatic carbocycles. The van der Waals surface area contributed by atoms with Gasteiger partial charge in [-0.15, -0.1) is 0 Å². The lowest BCUT2D eigenvalue weighted by Crippen LogP contribution is -2.19. The van der Waals surface area contributed by atoms with Gasteiger partial charge in [-0.05, 0) is 74.8 Å². The lowest BCUT2D eigenvalue weighted by Gasteiger charge is -2.21. The van der Waals surface area contributed by atoms with E-state index >= 15 is 0 Å². The lowest BCUT2D eigenvalue weighted by atomic mass is 9.82. The third kappa shape index (κ3) is 5.69. The number of furan rings is 2. The van der Waals surface area contributed by atoms with Crippen molar-refractivity contribution in [3.8, 4) is 33.4 Å². The van der Waals surface area contributed by atoms with Crippen molar-refractivity contribution in [2.24, 2.45) is 15.7 Å². The molecule has 0 saturated carbocycles. The summed E-state index contributed by atoms with van der Waals surface area (Å²) in [6, 6.07) is 60.9. The Morgan fingerprint density at radius 1 is 0.508 bits per heavy atom. The van der Waals surface area contributed by atoms with Gasteiger partial charge in [-0.25, -0.2) is 4.99 Å². The number of fused-ring (bicyclic) bond motifs is 9. The number of aliphatic imine (C=N–C) groups is 2. The Morgan fingerprint density at radius 2 is 1.20 bits per heavy atom. The van der Waals surface area contributed by atoms with Gasteiger partial charge in [0.15, 0.2) is 5.84 Å². The molecule has 0 spiro atoms. The first-order valence-electron chi connectivity index (χ1n) is 20.1. The first-order valence-corrected chi connectivity index (χ1v) is 20.1. The second-order valence-electron chi connectivity index (χ2n) is 15.9. The molecule has 8 aromatic carbocycles. The quantitative estimate of drug-likeness (QED) is 0.135. The molecule has 0 aliphatic heterocycles. The first-order chi connectivity index (χ1) is 28.9. The molecule has 0 amide bonds. The molecule has 1 aliphatic rings. The van der Waals surface area contributed by atoms with Crippen LogP contribution in [0.1, 0.15) is 41.7 Å². The topological polar surface area (TPSA) is 77.0 Å². The Labute approximate surface area is 341 Å². The van der Waals surface area contributed by atoms with Crippen molar-refractivity contribution in [2.75, 3.05) is 0 Å². The monoisotopic (exact) mass is 761 g/mol. The standard InChI is InChI=1S/C54H39N3O2/c1-54(2)44-23-10-9-19-40(44)41-28-26-36(31-45(41)54)52(55)57-53(34-16-7-4-8-17-34)56-32-37-18-11-24-47-49(37)43-30-35(27-29-46(43)58-47)38-20-13-25-48-50(38)42-22-12-21-39(51(42)59-48)33-14-5-3-6-15-33/h3-31H,32H2,1-2H3,(H2,55,56,57). The number of hydrogen-bond donors (Lipinski definition) is 1. The normalized spacial score (nSPS) is 13.7. The second-order valence-corrected chi connectivity index (χ2v) is 15.9. The maximum Gasteiger partial charge on any atom is 0.157 e. The summed E-state index contributed by atoms with van der Waals surface area (Å²) in [7, 11) is 0. The Morgan fingerprint density at radius 3 is 2.05 bits per heavy atom. The van der Waals surface area contributed by atoms with Crippen LogP contribution in [-0.4, -0.2) is 11.7 Å². The molecular weight excluding hydrogens is 723 g/mol. The molecule has 2 N–H and O–H groups in total. The number of benzene rings is 8. The van der Waals surface area contributed by atoms with E-state index in [0.29, 0.717) is 18.2 Å². The van der Waals surface area contributed by atoms with E-state index in [-0.39, 0.29) is 5.41 Å². The minimum Gasteiger partial charge on any atom is -0.456 e. The van der Waals surface area contributed by atoms with Crippen LogP contribution in [0.15, 0.2) is 195 Å². The molecule has 5 nitrogen and oxygen atoms in total. The lowest BCUT2D eigenvalue weighted by molar-refractivity contribution is 0.660. The predicted molar refractivity (Wildman–Crippen MR) is 243 cm³/mol. The van der Waals surface area contributed by atoms with E-state index in [0.717, 1.165) is 82.8 Å². The van der Waals surface area contributed by atoms with Gasteiger partial charge in [0.25, 0.3) is 0 Å². The van der Waals surface area contributed by atoms with E-state index in [1.807, 2.05) is 48.5 Å².